The van der Waals surface area contributed by atoms with Crippen LogP contribution < -0.4 is 34.7 Å². The van der Waals surface area contributed by atoms with Crippen LogP contribution in [0, 0.1) is 23.7 Å². The summed E-state index contributed by atoms with van der Waals surface area (Å²) < 4.78 is 18.7. The molecule has 0 bridgehead atoms. The second-order valence-electron chi connectivity index (χ2n) is 8.35. The van der Waals surface area contributed by atoms with Crippen LogP contribution >= 0.6 is 0 Å². The maximum absolute atomic E-state index is 13.0. The second kappa shape index (κ2) is 16.0. The van der Waals surface area contributed by atoms with Gasteiger partial charge in [0.15, 0.2) is 0 Å². The van der Waals surface area contributed by atoms with Crippen molar-refractivity contribution in [1.82, 2.24) is 0 Å². The molecule has 0 spiro atoms. The summed E-state index contributed by atoms with van der Waals surface area (Å²) >= 11 is 0. The van der Waals surface area contributed by atoms with Gasteiger partial charge in [0.2, 0.25) is 0 Å². The van der Waals surface area contributed by atoms with Crippen LogP contribution in [-0.2, 0) is 14.3 Å². The number of carboxylic acids is 1. The molecular weight excluding hydrogens is 430 g/mol. The summed E-state index contributed by atoms with van der Waals surface area (Å²) in [5, 5.41) is 36.7. The molecule has 0 aromatic heterocycles. The van der Waals surface area contributed by atoms with Gasteiger partial charge < -0.3 is 30.0 Å². The predicted octanol–water partition coefficient (Wildman–Crippen LogP) is -1.69. The van der Waals surface area contributed by atoms with Crippen LogP contribution in [0.2, 0.25) is 0 Å². The van der Waals surface area contributed by atoms with Gasteiger partial charge in [0.1, 0.15) is 6.10 Å². The third-order valence-corrected chi connectivity index (χ3v) is 6.09. The van der Waals surface area contributed by atoms with Crippen molar-refractivity contribution in [2.24, 2.45) is 23.7 Å². The minimum atomic E-state index is -1.30. The number of hydrogen-bond acceptors (Lipinski definition) is 7. The fourth-order valence-corrected chi connectivity index (χ4v) is 3.99. The topological polar surface area (TPSA) is 127 Å². The van der Waals surface area contributed by atoms with E-state index in [1.54, 1.807) is 0 Å². The number of hydrogen-bond donors (Lipinski definition) is 3. The summed E-state index contributed by atoms with van der Waals surface area (Å²) in [5.41, 5.74) is 0.984. The number of aliphatic hydroxyl groups is 3. The average Bonchev–Trinajstić information content (AvgIpc) is 2.71. The number of aliphatic carboxylic acids is 1. The number of carboxylic acid groups (broad SMARTS) is 1. The number of halogens is 1. The van der Waals surface area contributed by atoms with E-state index >= 15 is 0 Å². The molecule has 9 heteroatoms. The first kappa shape index (κ1) is 31.2. The number of allylic oxidation sites excluding steroid dienone is 1. The van der Waals surface area contributed by atoms with E-state index in [1.807, 2.05) is 39.0 Å². The molecule has 2 rings (SSSR count). The van der Waals surface area contributed by atoms with Crippen molar-refractivity contribution in [3.63, 3.8) is 0 Å². The number of aliphatic hydroxyl groups excluding tert-OH is 3. The maximum atomic E-state index is 13.0. The van der Waals surface area contributed by atoms with E-state index in [9.17, 15) is 24.2 Å². The zero-order valence-electron chi connectivity index (χ0n) is 19.6. The molecule has 0 heterocycles. The van der Waals surface area contributed by atoms with E-state index < -0.39 is 31.3 Å². The maximum Gasteiger partial charge on any atom is 1.00 e. The molecule has 0 aromatic carbocycles. The van der Waals surface area contributed by atoms with E-state index in [-0.39, 0.29) is 78.3 Å². The molecular formula is C23H36FNaO7. The van der Waals surface area contributed by atoms with E-state index in [4.69, 9.17) is 14.9 Å². The molecule has 0 fully saturated rings. The van der Waals surface area contributed by atoms with E-state index in [0.717, 1.165) is 12.0 Å². The first-order valence-corrected chi connectivity index (χ1v) is 11.0. The zero-order valence-corrected chi connectivity index (χ0v) is 21.6. The number of alkyl halides is 1. The quantitative estimate of drug-likeness (QED) is 0.273. The van der Waals surface area contributed by atoms with Gasteiger partial charge in [0.25, 0.3) is 0 Å². The Labute approximate surface area is 212 Å². The first-order valence-electron chi connectivity index (χ1n) is 11.0. The number of esters is 1. The van der Waals surface area contributed by atoms with Crippen LogP contribution in [0.1, 0.15) is 52.9 Å². The van der Waals surface area contributed by atoms with E-state index in [1.165, 1.54) is 0 Å². The third-order valence-electron chi connectivity index (χ3n) is 6.09. The van der Waals surface area contributed by atoms with Gasteiger partial charge in [-0.15, -0.1) is 0 Å². The van der Waals surface area contributed by atoms with Crippen molar-refractivity contribution < 1.29 is 68.7 Å². The molecule has 0 saturated heterocycles. The number of ether oxygens (including phenoxy) is 1. The van der Waals surface area contributed by atoms with Crippen molar-refractivity contribution in [3.8, 4) is 0 Å². The van der Waals surface area contributed by atoms with Crippen LogP contribution in [-0.4, -0.2) is 58.9 Å². The van der Waals surface area contributed by atoms with Crippen LogP contribution in [0.5, 0.6) is 0 Å². The normalized spacial score (nSPS) is 28.1. The van der Waals surface area contributed by atoms with Gasteiger partial charge in [-0.05, 0) is 36.7 Å². The summed E-state index contributed by atoms with van der Waals surface area (Å²) in [6, 6.07) is 0. The third kappa shape index (κ3) is 9.61. The van der Waals surface area contributed by atoms with Crippen molar-refractivity contribution in [1.29, 1.82) is 0 Å². The van der Waals surface area contributed by atoms with Gasteiger partial charge in [0.05, 0.1) is 24.8 Å². The standard InChI is InChI=1S/C18H27FO3.C5H10O4.Na/c1-4-11(2)18(21)22-16-7-5-6-13-10-15(20)12(3)14(8-9-19)17(13)16;6-2-1-4(7)3-5(8)9;/h5-6,10-12,14-17,20H,4,7-9H2,1-3H3;4,6-7H,1-3H2,(H,8,9);/q;;+1/p-1/t11-,12+,14-,15+,16-,17-;4-;/m01./s1. The molecule has 2 aliphatic rings. The molecule has 32 heavy (non-hydrogen) atoms. The molecule has 7 atom stereocenters. The Balaban J connectivity index is 0.000000821. The molecule has 178 valence electrons. The summed E-state index contributed by atoms with van der Waals surface area (Å²) in [5.74, 6) is -1.63. The van der Waals surface area contributed by atoms with Crippen LogP contribution in [0.25, 0.3) is 0 Å². The molecule has 0 unspecified atom stereocenters. The molecule has 7 nitrogen and oxygen atoms in total. The monoisotopic (exact) mass is 466 g/mol. The van der Waals surface area contributed by atoms with E-state index in [0.29, 0.717) is 12.8 Å². The van der Waals surface area contributed by atoms with Crippen LogP contribution in [0.15, 0.2) is 23.8 Å². The molecule has 0 saturated carbocycles. The number of carbonyl (C=O) groups is 2. The minimum absolute atomic E-state index is 0. The van der Waals surface area contributed by atoms with Gasteiger partial charge in [-0.2, -0.15) is 0 Å². The van der Waals surface area contributed by atoms with Gasteiger partial charge in [-0.25, -0.2) is 0 Å². The largest absolute Gasteiger partial charge is 1.00 e. The Hall–Kier alpha value is -0.770. The smallest absolute Gasteiger partial charge is 0.550 e. The fraction of sp³-hybridized carbons (Fsp3) is 0.739. The molecule has 0 radical (unpaired) electrons. The Bertz CT molecular complexity index is 640. The predicted molar refractivity (Wildman–Crippen MR) is 111 cm³/mol. The Morgan fingerprint density at radius 2 is 2.03 bits per heavy atom. The molecule has 0 amide bonds. The summed E-state index contributed by atoms with van der Waals surface area (Å²) in [7, 11) is 0. The number of carbonyl (C=O) groups excluding carboxylic acids is 2. The SMILES string of the molecule is CC[C@H](C)C(=O)O[C@H]1CC=CC2=C[C@@H](O)[C@H](C)[C@H](CCF)[C@H]21.O=C([O-])C[C@H](O)CCO.[Na+]. The fourth-order valence-electron chi connectivity index (χ4n) is 3.99. The minimum Gasteiger partial charge on any atom is -0.550 e. The number of rotatable bonds is 9. The van der Waals surface area contributed by atoms with Crippen molar-refractivity contribution >= 4 is 11.9 Å². The van der Waals surface area contributed by atoms with Gasteiger partial charge in [-0.1, -0.05) is 39.0 Å². The summed E-state index contributed by atoms with van der Waals surface area (Å²) in [6.45, 7) is 5.16. The number of fused-ring (bicyclic) bond motifs is 1. The molecule has 3 N–H and O–H groups in total. The van der Waals surface area contributed by atoms with Crippen molar-refractivity contribution in [2.45, 2.75) is 71.2 Å². The van der Waals surface area contributed by atoms with E-state index in [2.05, 4.69) is 0 Å². The Morgan fingerprint density at radius 1 is 1.38 bits per heavy atom. The molecule has 0 aromatic rings. The Morgan fingerprint density at radius 3 is 2.56 bits per heavy atom. The van der Waals surface area contributed by atoms with Crippen molar-refractivity contribution in [3.05, 3.63) is 23.8 Å². The zero-order chi connectivity index (χ0) is 23.6. The molecule has 0 aliphatic heterocycles. The van der Waals surface area contributed by atoms with Crippen LogP contribution in [0.4, 0.5) is 4.39 Å². The van der Waals surface area contributed by atoms with Crippen molar-refractivity contribution in [2.75, 3.05) is 13.3 Å². The Kier molecular flexibility index (Phi) is 15.6. The average molecular weight is 467 g/mol. The summed E-state index contributed by atoms with van der Waals surface area (Å²) in [4.78, 5) is 21.9. The van der Waals surface area contributed by atoms with Gasteiger partial charge in [0, 0.05) is 31.3 Å². The van der Waals surface area contributed by atoms with Gasteiger partial charge >= 0.3 is 35.5 Å². The first-order chi connectivity index (χ1) is 14.7. The molecule has 2 aliphatic carbocycles. The summed E-state index contributed by atoms with van der Waals surface area (Å²) in [6.07, 6.45) is 5.52. The van der Waals surface area contributed by atoms with Crippen LogP contribution in [0.3, 0.4) is 0 Å². The van der Waals surface area contributed by atoms with Gasteiger partial charge in [-0.3, -0.25) is 9.18 Å². The second-order valence-corrected chi connectivity index (χ2v) is 8.35.